The summed E-state index contributed by atoms with van der Waals surface area (Å²) >= 11 is 0. The maximum atomic E-state index is 9.19. The second kappa shape index (κ2) is 7.07. The average Bonchev–Trinajstić information content (AvgIpc) is 2.38. The van der Waals surface area contributed by atoms with Crippen LogP contribution in [0.4, 0.5) is 11.4 Å². The lowest BCUT2D eigenvalue weighted by Gasteiger charge is -2.12. The first-order chi connectivity index (χ1) is 9.66. The molecule has 0 aliphatic heterocycles. The van der Waals surface area contributed by atoms with Gasteiger partial charge in [0.1, 0.15) is 0 Å². The van der Waals surface area contributed by atoms with E-state index in [9.17, 15) is 8.42 Å². The van der Waals surface area contributed by atoms with Crippen LogP contribution in [0, 0.1) is 0 Å². The first-order valence-electron chi connectivity index (χ1n) is 6.18. The average molecular weight is 308 g/mol. The first kappa shape index (κ1) is 17.0. The maximum absolute atomic E-state index is 9.19. The van der Waals surface area contributed by atoms with Crippen LogP contribution in [-0.4, -0.2) is 8.42 Å². The zero-order valence-electron chi connectivity index (χ0n) is 11.7. The molecule has 2 aromatic rings. The van der Waals surface area contributed by atoms with Crippen molar-refractivity contribution in [1.82, 2.24) is 0 Å². The van der Waals surface area contributed by atoms with Crippen molar-refractivity contribution in [3.8, 4) is 0 Å². The molecular weight excluding hydrogens is 288 g/mol. The highest BCUT2D eigenvalue weighted by Crippen LogP contribution is 2.25. The van der Waals surface area contributed by atoms with Gasteiger partial charge in [0, 0.05) is 17.3 Å². The summed E-state index contributed by atoms with van der Waals surface area (Å²) in [5.74, 6) is 0.362. The van der Waals surface area contributed by atoms with E-state index in [1.54, 1.807) is 0 Å². The summed E-state index contributed by atoms with van der Waals surface area (Å²) in [6.07, 6.45) is 0. The van der Waals surface area contributed by atoms with Crippen LogP contribution in [-0.2, 0) is 10.2 Å². The Hall–Kier alpha value is -2.09. The summed E-state index contributed by atoms with van der Waals surface area (Å²) in [7, 11) is -3.67. The molecule has 0 saturated heterocycles. The molecule has 0 fully saturated rings. The molecule has 0 spiro atoms. The summed E-state index contributed by atoms with van der Waals surface area (Å²) in [4.78, 5) is 0. The van der Waals surface area contributed by atoms with Gasteiger partial charge in [-0.2, -0.15) is 8.42 Å². The number of rotatable bonds is 2. The van der Waals surface area contributed by atoms with Gasteiger partial charge < -0.3 is 11.5 Å². The lowest BCUT2D eigenvalue weighted by atomic mass is 9.93. The van der Waals surface area contributed by atoms with Crippen LogP contribution in [0.1, 0.15) is 24.0 Å². The van der Waals surface area contributed by atoms with E-state index >= 15 is 0 Å². The SMILES string of the molecule is CC(c1ccc(N)cc1)c1ccc(N)cc1.NS(N)(=O)=O. The Kier molecular flexibility index (Phi) is 5.71. The van der Waals surface area contributed by atoms with Crippen LogP contribution in [0.5, 0.6) is 0 Å². The fourth-order valence-electron chi connectivity index (χ4n) is 1.76. The Morgan fingerprint density at radius 3 is 1.24 bits per heavy atom. The number of nitrogen functional groups attached to an aromatic ring is 2. The van der Waals surface area contributed by atoms with Crippen molar-refractivity contribution >= 4 is 21.6 Å². The predicted octanol–water partition coefficient (Wildman–Crippen LogP) is 1.15. The van der Waals surface area contributed by atoms with Crippen molar-refractivity contribution < 1.29 is 8.42 Å². The van der Waals surface area contributed by atoms with Crippen LogP contribution in [0.2, 0.25) is 0 Å². The molecule has 0 heterocycles. The van der Waals surface area contributed by atoms with Gasteiger partial charge in [0.05, 0.1) is 0 Å². The molecule has 0 radical (unpaired) electrons. The Balaban J connectivity index is 0.000000383. The molecular formula is C14H20N4O2S. The number of hydrogen-bond donors (Lipinski definition) is 4. The summed E-state index contributed by atoms with van der Waals surface area (Å²) in [5, 5.41) is 8.21. The summed E-state index contributed by atoms with van der Waals surface area (Å²) in [5.41, 5.74) is 15.5. The zero-order chi connectivity index (χ0) is 16.0. The van der Waals surface area contributed by atoms with Crippen molar-refractivity contribution in [1.29, 1.82) is 0 Å². The molecule has 0 aliphatic carbocycles. The molecule has 7 heteroatoms. The highest BCUT2D eigenvalue weighted by atomic mass is 32.2. The molecule has 21 heavy (non-hydrogen) atoms. The lowest BCUT2D eigenvalue weighted by Crippen LogP contribution is -2.21. The topological polar surface area (TPSA) is 138 Å². The Bertz CT molecular complexity index is 614. The molecule has 0 aliphatic rings. The molecule has 6 nitrogen and oxygen atoms in total. The molecule has 0 amide bonds. The number of nitrogens with two attached hydrogens (primary N) is 4. The molecule has 0 atom stereocenters. The van der Waals surface area contributed by atoms with E-state index in [0.29, 0.717) is 5.92 Å². The summed E-state index contributed by atoms with van der Waals surface area (Å²) < 4.78 is 18.4. The standard InChI is InChI=1S/C14H16N2.H4N2O2S/c1-10(11-2-6-13(15)7-3-11)12-4-8-14(16)9-5-12;1-5(2,3)4/h2-10H,15-16H2,1H3;(H4,1,2,3,4). The minimum atomic E-state index is -3.67. The van der Waals surface area contributed by atoms with Gasteiger partial charge in [-0.3, -0.25) is 0 Å². The van der Waals surface area contributed by atoms with Gasteiger partial charge in [0.25, 0.3) is 10.2 Å². The predicted molar refractivity (Wildman–Crippen MR) is 86.5 cm³/mol. The smallest absolute Gasteiger partial charge is 0.271 e. The quantitative estimate of drug-likeness (QED) is 0.618. The van der Waals surface area contributed by atoms with Gasteiger partial charge in [-0.05, 0) is 35.4 Å². The molecule has 0 bridgehead atoms. The minimum absolute atomic E-state index is 0.362. The van der Waals surface area contributed by atoms with E-state index in [-0.39, 0.29) is 0 Å². The van der Waals surface area contributed by atoms with E-state index in [0.717, 1.165) is 11.4 Å². The monoisotopic (exact) mass is 308 g/mol. The van der Waals surface area contributed by atoms with Crippen molar-refractivity contribution in [3.63, 3.8) is 0 Å². The first-order valence-corrected chi connectivity index (χ1v) is 7.79. The highest BCUT2D eigenvalue weighted by molar-refractivity contribution is 7.86. The Morgan fingerprint density at radius 1 is 0.762 bits per heavy atom. The van der Waals surface area contributed by atoms with Crippen LogP contribution in [0.25, 0.3) is 0 Å². The van der Waals surface area contributed by atoms with Gasteiger partial charge in [-0.15, -0.1) is 0 Å². The van der Waals surface area contributed by atoms with Gasteiger partial charge >= 0.3 is 0 Å². The molecule has 0 saturated carbocycles. The fourth-order valence-corrected chi connectivity index (χ4v) is 1.76. The number of hydrogen-bond acceptors (Lipinski definition) is 4. The summed E-state index contributed by atoms with van der Waals surface area (Å²) in [6, 6.07) is 16.0. The van der Waals surface area contributed by atoms with E-state index in [1.165, 1.54) is 11.1 Å². The highest BCUT2D eigenvalue weighted by Gasteiger charge is 2.07. The normalized spacial score (nSPS) is 10.9. The fraction of sp³-hybridized carbons (Fsp3) is 0.143. The van der Waals surface area contributed by atoms with Crippen molar-refractivity contribution in [2.24, 2.45) is 10.3 Å². The molecule has 2 aromatic carbocycles. The molecule has 2 rings (SSSR count). The third kappa shape index (κ3) is 6.75. The summed E-state index contributed by atoms with van der Waals surface area (Å²) in [6.45, 7) is 2.18. The molecule has 114 valence electrons. The van der Waals surface area contributed by atoms with Gasteiger partial charge in [-0.25, -0.2) is 10.3 Å². The van der Waals surface area contributed by atoms with Gasteiger partial charge in [0.15, 0.2) is 0 Å². The molecule has 8 N–H and O–H groups in total. The lowest BCUT2D eigenvalue weighted by molar-refractivity contribution is 0.599. The van der Waals surface area contributed by atoms with Crippen LogP contribution in [0.15, 0.2) is 48.5 Å². The van der Waals surface area contributed by atoms with Crippen molar-refractivity contribution in [2.75, 3.05) is 11.5 Å². The van der Waals surface area contributed by atoms with Gasteiger partial charge in [0.2, 0.25) is 0 Å². The van der Waals surface area contributed by atoms with E-state index in [1.807, 2.05) is 24.3 Å². The van der Waals surface area contributed by atoms with Crippen LogP contribution < -0.4 is 21.7 Å². The van der Waals surface area contributed by atoms with Gasteiger partial charge in [-0.1, -0.05) is 31.2 Å². The Labute approximate surface area is 124 Å². The molecule has 0 aromatic heterocycles. The third-order valence-electron chi connectivity index (χ3n) is 2.87. The van der Waals surface area contributed by atoms with E-state index in [4.69, 9.17) is 11.5 Å². The Morgan fingerprint density at radius 2 is 1.00 bits per heavy atom. The second-order valence-electron chi connectivity index (χ2n) is 4.64. The van der Waals surface area contributed by atoms with Crippen molar-refractivity contribution in [2.45, 2.75) is 12.8 Å². The third-order valence-corrected chi connectivity index (χ3v) is 2.87. The van der Waals surface area contributed by atoms with E-state index < -0.39 is 10.2 Å². The van der Waals surface area contributed by atoms with E-state index in [2.05, 4.69) is 41.5 Å². The van der Waals surface area contributed by atoms with Crippen LogP contribution >= 0.6 is 0 Å². The minimum Gasteiger partial charge on any atom is -0.399 e. The zero-order valence-corrected chi connectivity index (χ0v) is 12.5. The number of benzene rings is 2. The van der Waals surface area contributed by atoms with Crippen molar-refractivity contribution in [3.05, 3.63) is 59.7 Å². The molecule has 0 unspecified atom stereocenters. The second-order valence-corrected chi connectivity index (χ2v) is 5.82. The van der Waals surface area contributed by atoms with Crippen LogP contribution in [0.3, 0.4) is 0 Å². The number of anilines is 2. The maximum Gasteiger partial charge on any atom is 0.271 e. The largest absolute Gasteiger partial charge is 0.399 e.